The maximum atomic E-state index is 5.99. The summed E-state index contributed by atoms with van der Waals surface area (Å²) in [4.78, 5) is 4.50. The Labute approximate surface area is 112 Å². The van der Waals surface area contributed by atoms with Crippen LogP contribution in [0.5, 0.6) is 0 Å². The highest BCUT2D eigenvalue weighted by Gasteiger charge is 2.12. The summed E-state index contributed by atoms with van der Waals surface area (Å²) < 4.78 is 1.87. The zero-order chi connectivity index (χ0) is 13.1. The Bertz CT molecular complexity index is 548. The number of hydrogen-bond donors (Lipinski definition) is 1. The van der Waals surface area contributed by atoms with Crippen LogP contribution >= 0.6 is 11.6 Å². The molecule has 2 aromatic rings. The summed E-state index contributed by atoms with van der Waals surface area (Å²) in [6, 6.07) is 5.67. The van der Waals surface area contributed by atoms with Crippen LogP contribution in [0.1, 0.15) is 31.1 Å². The fourth-order valence-corrected chi connectivity index (χ4v) is 2.08. The van der Waals surface area contributed by atoms with Gasteiger partial charge in [0.2, 0.25) is 0 Å². The molecule has 0 fully saturated rings. The normalized spacial score (nSPS) is 10.9. The van der Waals surface area contributed by atoms with Crippen molar-refractivity contribution < 1.29 is 0 Å². The molecule has 5 heteroatoms. The molecule has 0 saturated heterocycles. The molecule has 1 aromatic carbocycles. The summed E-state index contributed by atoms with van der Waals surface area (Å²) in [5, 5.41) is 5.20. The smallest absolute Gasteiger partial charge is 0.151 e. The van der Waals surface area contributed by atoms with Gasteiger partial charge in [-0.05, 0) is 23.8 Å². The van der Waals surface area contributed by atoms with Crippen molar-refractivity contribution in [2.24, 2.45) is 5.73 Å². The lowest BCUT2D eigenvalue weighted by atomic mass is 10.2. The molecule has 2 N–H and O–H groups in total. The second-order valence-electron chi connectivity index (χ2n) is 4.04. The van der Waals surface area contributed by atoms with Gasteiger partial charge in [0.05, 0.1) is 5.69 Å². The van der Waals surface area contributed by atoms with Crippen LogP contribution in [-0.4, -0.2) is 14.8 Å². The van der Waals surface area contributed by atoms with Gasteiger partial charge in [0.1, 0.15) is 5.82 Å². The summed E-state index contributed by atoms with van der Waals surface area (Å²) in [5.74, 6) is 1.80. The third-order valence-corrected chi connectivity index (χ3v) is 3.08. The molecule has 0 atom stereocenters. The average molecular weight is 265 g/mol. The number of halogens is 1. The molecule has 0 unspecified atom stereocenters. The number of hydrogen-bond acceptors (Lipinski definition) is 3. The van der Waals surface area contributed by atoms with Gasteiger partial charge in [-0.3, -0.25) is 0 Å². The van der Waals surface area contributed by atoms with Gasteiger partial charge in [-0.25, -0.2) is 9.67 Å². The molecule has 4 nitrogen and oxygen atoms in total. The molecule has 1 heterocycles. The first kappa shape index (κ1) is 13.1. The lowest BCUT2D eigenvalue weighted by Crippen LogP contribution is -2.08. The maximum absolute atomic E-state index is 5.99. The molecular weight excluding hydrogens is 248 g/mol. The van der Waals surface area contributed by atoms with E-state index >= 15 is 0 Å². The Morgan fingerprint density at radius 2 is 2.06 bits per heavy atom. The van der Waals surface area contributed by atoms with Gasteiger partial charge in [0.15, 0.2) is 5.82 Å². The number of benzene rings is 1. The van der Waals surface area contributed by atoms with Gasteiger partial charge >= 0.3 is 0 Å². The van der Waals surface area contributed by atoms with Crippen molar-refractivity contribution in [2.45, 2.75) is 33.2 Å². The van der Waals surface area contributed by atoms with E-state index in [1.165, 1.54) is 0 Å². The van der Waals surface area contributed by atoms with Crippen LogP contribution in [0.2, 0.25) is 5.02 Å². The van der Waals surface area contributed by atoms with Crippen LogP contribution in [0.3, 0.4) is 0 Å². The lowest BCUT2D eigenvalue weighted by Gasteiger charge is -2.10. The second-order valence-corrected chi connectivity index (χ2v) is 4.48. The maximum Gasteiger partial charge on any atom is 0.151 e. The third kappa shape index (κ3) is 2.40. The van der Waals surface area contributed by atoms with Crippen molar-refractivity contribution in [1.29, 1.82) is 0 Å². The number of nitrogens with two attached hydrogens (primary N) is 1. The van der Waals surface area contributed by atoms with Crippen LogP contribution in [0.4, 0.5) is 0 Å². The Balaban J connectivity index is 2.56. The first-order valence-electron chi connectivity index (χ1n) is 6.13. The van der Waals surface area contributed by atoms with E-state index in [1.807, 2.05) is 29.8 Å². The summed E-state index contributed by atoms with van der Waals surface area (Å²) in [7, 11) is 0. The molecule has 0 bridgehead atoms. The van der Waals surface area contributed by atoms with Crippen LogP contribution in [0, 0.1) is 0 Å². The quantitative estimate of drug-likeness (QED) is 0.923. The van der Waals surface area contributed by atoms with Crippen molar-refractivity contribution >= 4 is 11.6 Å². The fraction of sp³-hybridized carbons (Fsp3) is 0.385. The molecule has 0 saturated carbocycles. The van der Waals surface area contributed by atoms with E-state index in [0.717, 1.165) is 35.7 Å². The first-order chi connectivity index (χ1) is 8.69. The SMILES string of the molecule is CCc1nc(CC)n(-c2ccc(Cl)cc2CN)n1. The standard InChI is InChI=1S/C13H17ClN4/c1-3-12-16-13(4-2)18(17-12)11-6-5-10(14)7-9(11)8-15/h5-7H,3-4,8,15H2,1-2H3. The minimum atomic E-state index is 0.431. The number of aryl methyl sites for hydroxylation is 2. The molecule has 0 aliphatic rings. The fourth-order valence-electron chi connectivity index (χ4n) is 1.89. The molecule has 2 rings (SSSR count). The van der Waals surface area contributed by atoms with Crippen molar-refractivity contribution in [3.05, 3.63) is 40.4 Å². The minimum Gasteiger partial charge on any atom is -0.326 e. The Hall–Kier alpha value is -1.39. The summed E-state index contributed by atoms with van der Waals surface area (Å²) in [6.07, 6.45) is 1.66. The van der Waals surface area contributed by atoms with Crippen LogP contribution < -0.4 is 5.73 Å². The number of rotatable bonds is 4. The first-order valence-corrected chi connectivity index (χ1v) is 6.51. The van der Waals surface area contributed by atoms with E-state index in [0.29, 0.717) is 11.6 Å². The van der Waals surface area contributed by atoms with E-state index in [2.05, 4.69) is 17.0 Å². The minimum absolute atomic E-state index is 0.431. The summed E-state index contributed by atoms with van der Waals surface area (Å²) in [5.41, 5.74) is 7.71. The van der Waals surface area contributed by atoms with E-state index in [1.54, 1.807) is 0 Å². The highest BCUT2D eigenvalue weighted by atomic mass is 35.5. The molecule has 1 aromatic heterocycles. The van der Waals surface area contributed by atoms with E-state index in [9.17, 15) is 0 Å². The van der Waals surface area contributed by atoms with Crippen molar-refractivity contribution in [1.82, 2.24) is 14.8 Å². The van der Waals surface area contributed by atoms with Gasteiger partial charge in [0, 0.05) is 24.4 Å². The second kappa shape index (κ2) is 5.50. The highest BCUT2D eigenvalue weighted by molar-refractivity contribution is 6.30. The Morgan fingerprint density at radius 1 is 1.28 bits per heavy atom. The summed E-state index contributed by atoms with van der Waals surface area (Å²) in [6.45, 7) is 4.54. The third-order valence-electron chi connectivity index (χ3n) is 2.84. The highest BCUT2D eigenvalue weighted by Crippen LogP contribution is 2.20. The van der Waals surface area contributed by atoms with Crippen LogP contribution in [0.15, 0.2) is 18.2 Å². The molecule has 18 heavy (non-hydrogen) atoms. The molecule has 0 aliphatic carbocycles. The molecule has 0 aliphatic heterocycles. The Morgan fingerprint density at radius 3 is 2.67 bits per heavy atom. The van der Waals surface area contributed by atoms with Crippen molar-refractivity contribution in [3.63, 3.8) is 0 Å². The van der Waals surface area contributed by atoms with E-state index in [4.69, 9.17) is 17.3 Å². The van der Waals surface area contributed by atoms with Gasteiger partial charge in [-0.2, -0.15) is 5.10 Å². The zero-order valence-electron chi connectivity index (χ0n) is 10.7. The van der Waals surface area contributed by atoms with Gasteiger partial charge in [-0.15, -0.1) is 0 Å². The largest absolute Gasteiger partial charge is 0.326 e. The molecule has 0 amide bonds. The van der Waals surface area contributed by atoms with Gasteiger partial charge < -0.3 is 5.73 Å². The lowest BCUT2D eigenvalue weighted by molar-refractivity contribution is 0.780. The van der Waals surface area contributed by atoms with E-state index in [-0.39, 0.29) is 0 Å². The Kier molecular flexibility index (Phi) is 3.99. The molecule has 0 radical (unpaired) electrons. The average Bonchev–Trinajstić information content (AvgIpc) is 2.81. The molecule has 0 spiro atoms. The predicted molar refractivity (Wildman–Crippen MR) is 73.0 cm³/mol. The van der Waals surface area contributed by atoms with E-state index < -0.39 is 0 Å². The summed E-state index contributed by atoms with van der Waals surface area (Å²) >= 11 is 5.99. The number of nitrogens with zero attached hydrogens (tertiary/aromatic N) is 3. The molecule has 96 valence electrons. The van der Waals surface area contributed by atoms with Crippen LogP contribution in [0.25, 0.3) is 5.69 Å². The van der Waals surface area contributed by atoms with Crippen molar-refractivity contribution in [2.75, 3.05) is 0 Å². The monoisotopic (exact) mass is 264 g/mol. The van der Waals surface area contributed by atoms with Gasteiger partial charge in [0.25, 0.3) is 0 Å². The topological polar surface area (TPSA) is 56.7 Å². The van der Waals surface area contributed by atoms with Crippen molar-refractivity contribution in [3.8, 4) is 5.69 Å². The zero-order valence-corrected chi connectivity index (χ0v) is 11.4. The van der Waals surface area contributed by atoms with Crippen LogP contribution in [-0.2, 0) is 19.4 Å². The predicted octanol–water partition coefficient (Wildman–Crippen LogP) is 2.50. The number of aromatic nitrogens is 3. The molecular formula is C13H17ClN4. The van der Waals surface area contributed by atoms with Gasteiger partial charge in [-0.1, -0.05) is 25.4 Å².